The Bertz CT molecular complexity index is 648. The summed E-state index contributed by atoms with van der Waals surface area (Å²) in [6.45, 7) is 3.48. The number of benzene rings is 1. The molecule has 0 spiro atoms. The second-order valence-corrected chi connectivity index (χ2v) is 5.30. The third kappa shape index (κ3) is 5.22. The van der Waals surface area contributed by atoms with E-state index in [0.717, 1.165) is 0 Å². The molecule has 0 amide bonds. The molecule has 0 bridgehead atoms. The lowest BCUT2D eigenvalue weighted by Crippen LogP contribution is -2.44. The SMILES string of the molecule is CC(C)OC1(O)C=CC=CC1C(=O)O.O=C(O)c1ccccc1O. The summed E-state index contributed by atoms with van der Waals surface area (Å²) in [6, 6.07) is 5.81. The smallest absolute Gasteiger partial charge is 0.339 e. The molecule has 1 aliphatic carbocycles. The number of carbonyl (C=O) groups is 2. The number of aliphatic carboxylic acids is 1. The molecule has 2 rings (SSSR count). The molecule has 0 aliphatic heterocycles. The average molecular weight is 336 g/mol. The molecule has 130 valence electrons. The molecular formula is C17H20O7. The summed E-state index contributed by atoms with van der Waals surface area (Å²) in [5.74, 6) is -5.19. The molecule has 2 unspecified atom stereocenters. The highest BCUT2D eigenvalue weighted by Gasteiger charge is 2.40. The number of para-hydroxylation sites is 1. The first-order chi connectivity index (χ1) is 11.2. The number of carboxylic acid groups (broad SMARTS) is 2. The van der Waals surface area contributed by atoms with E-state index in [1.54, 1.807) is 38.1 Å². The lowest BCUT2D eigenvalue weighted by Gasteiger charge is -2.32. The zero-order valence-corrected chi connectivity index (χ0v) is 13.3. The Labute approximate surface area is 139 Å². The van der Waals surface area contributed by atoms with Crippen molar-refractivity contribution < 1.29 is 34.8 Å². The van der Waals surface area contributed by atoms with Gasteiger partial charge >= 0.3 is 11.9 Å². The molecule has 0 heterocycles. The van der Waals surface area contributed by atoms with Gasteiger partial charge in [0.25, 0.3) is 0 Å². The van der Waals surface area contributed by atoms with E-state index in [1.165, 1.54) is 24.3 Å². The Morgan fingerprint density at radius 1 is 1.17 bits per heavy atom. The summed E-state index contributed by atoms with van der Waals surface area (Å²) in [5.41, 5.74) is -0.0671. The molecule has 7 nitrogen and oxygen atoms in total. The van der Waals surface area contributed by atoms with Crippen molar-refractivity contribution in [3.8, 4) is 5.75 Å². The molecule has 0 saturated heterocycles. The van der Waals surface area contributed by atoms with Gasteiger partial charge in [-0.05, 0) is 32.1 Å². The van der Waals surface area contributed by atoms with Crippen LogP contribution < -0.4 is 0 Å². The minimum Gasteiger partial charge on any atom is -0.507 e. The third-order valence-electron chi connectivity index (χ3n) is 3.02. The van der Waals surface area contributed by atoms with E-state index in [2.05, 4.69) is 0 Å². The quantitative estimate of drug-likeness (QED) is 0.620. The number of hydrogen-bond acceptors (Lipinski definition) is 5. The van der Waals surface area contributed by atoms with Crippen LogP contribution in [0.5, 0.6) is 5.75 Å². The first-order valence-electron chi connectivity index (χ1n) is 7.17. The maximum atomic E-state index is 10.8. The average Bonchev–Trinajstić information content (AvgIpc) is 2.46. The van der Waals surface area contributed by atoms with Gasteiger partial charge in [-0.3, -0.25) is 4.79 Å². The van der Waals surface area contributed by atoms with Crippen molar-refractivity contribution >= 4 is 11.9 Å². The van der Waals surface area contributed by atoms with Crippen molar-refractivity contribution in [1.82, 2.24) is 0 Å². The summed E-state index contributed by atoms with van der Waals surface area (Å²) in [7, 11) is 0. The van der Waals surface area contributed by atoms with Crippen LogP contribution in [0.3, 0.4) is 0 Å². The third-order valence-corrected chi connectivity index (χ3v) is 3.02. The van der Waals surface area contributed by atoms with E-state index in [4.69, 9.17) is 20.1 Å². The molecule has 1 aliphatic rings. The number of ether oxygens (including phenoxy) is 1. The van der Waals surface area contributed by atoms with Crippen molar-refractivity contribution in [2.75, 3.05) is 0 Å². The van der Waals surface area contributed by atoms with Gasteiger partial charge < -0.3 is 25.2 Å². The van der Waals surface area contributed by atoms with Crippen LogP contribution in [0, 0.1) is 5.92 Å². The highest BCUT2D eigenvalue weighted by Crippen LogP contribution is 2.27. The predicted molar refractivity (Wildman–Crippen MR) is 85.6 cm³/mol. The second kappa shape index (κ2) is 8.28. The Kier molecular flexibility index (Phi) is 6.69. The number of phenols is 1. The number of hydrogen-bond donors (Lipinski definition) is 4. The summed E-state index contributed by atoms with van der Waals surface area (Å²) in [5, 5.41) is 36.1. The van der Waals surface area contributed by atoms with Gasteiger partial charge in [-0.1, -0.05) is 30.4 Å². The topological polar surface area (TPSA) is 124 Å². The molecule has 0 radical (unpaired) electrons. The van der Waals surface area contributed by atoms with E-state index < -0.39 is 23.6 Å². The van der Waals surface area contributed by atoms with E-state index >= 15 is 0 Å². The maximum absolute atomic E-state index is 10.8. The van der Waals surface area contributed by atoms with Gasteiger partial charge in [-0.2, -0.15) is 0 Å². The summed E-state index contributed by atoms with van der Waals surface area (Å²) in [6.07, 6.45) is 5.67. The largest absolute Gasteiger partial charge is 0.507 e. The molecule has 0 fully saturated rings. The molecule has 24 heavy (non-hydrogen) atoms. The molecule has 7 heteroatoms. The molecule has 4 N–H and O–H groups in total. The maximum Gasteiger partial charge on any atom is 0.339 e. The summed E-state index contributed by atoms with van der Waals surface area (Å²) in [4.78, 5) is 21.1. The number of aliphatic hydroxyl groups is 1. The number of carboxylic acids is 2. The normalized spacial score (nSPS) is 21.9. The van der Waals surface area contributed by atoms with Crippen LogP contribution in [0.4, 0.5) is 0 Å². The van der Waals surface area contributed by atoms with Gasteiger partial charge in [0, 0.05) is 0 Å². The van der Waals surface area contributed by atoms with Crippen LogP contribution in [0.1, 0.15) is 24.2 Å². The molecule has 1 aromatic rings. The van der Waals surface area contributed by atoms with Crippen molar-refractivity contribution in [3.63, 3.8) is 0 Å². The Morgan fingerprint density at radius 3 is 2.25 bits per heavy atom. The number of aromatic hydroxyl groups is 1. The van der Waals surface area contributed by atoms with Gasteiger partial charge in [-0.25, -0.2) is 4.79 Å². The van der Waals surface area contributed by atoms with Crippen LogP contribution in [0.15, 0.2) is 48.6 Å². The zero-order valence-electron chi connectivity index (χ0n) is 13.3. The van der Waals surface area contributed by atoms with Crippen molar-refractivity contribution in [1.29, 1.82) is 0 Å². The zero-order chi connectivity index (χ0) is 18.3. The van der Waals surface area contributed by atoms with E-state index in [9.17, 15) is 14.7 Å². The van der Waals surface area contributed by atoms with E-state index in [-0.39, 0.29) is 17.4 Å². The van der Waals surface area contributed by atoms with Gasteiger partial charge in [0.1, 0.15) is 17.2 Å². The fourth-order valence-corrected chi connectivity index (χ4v) is 2.01. The fraction of sp³-hybridized carbons (Fsp3) is 0.294. The number of aromatic carboxylic acids is 1. The Balaban J connectivity index is 0.000000254. The van der Waals surface area contributed by atoms with Gasteiger partial charge in [0.05, 0.1) is 6.10 Å². The van der Waals surface area contributed by atoms with Crippen LogP contribution in [-0.2, 0) is 9.53 Å². The van der Waals surface area contributed by atoms with Crippen LogP contribution in [0.25, 0.3) is 0 Å². The second-order valence-electron chi connectivity index (χ2n) is 5.30. The number of rotatable bonds is 4. The van der Waals surface area contributed by atoms with Gasteiger partial charge in [0.2, 0.25) is 5.79 Å². The van der Waals surface area contributed by atoms with Gasteiger partial charge in [-0.15, -0.1) is 0 Å². The standard InChI is InChI=1S/C10H14O4.C7H6O3/c1-7(2)14-10(13)6-4-3-5-8(10)9(11)12;8-6-4-2-1-3-5(6)7(9)10/h3-8,13H,1-2H3,(H,11,12);1-4,8H,(H,9,10). The molecule has 0 saturated carbocycles. The highest BCUT2D eigenvalue weighted by atomic mass is 16.6. The molecule has 0 aromatic heterocycles. The monoisotopic (exact) mass is 336 g/mol. The lowest BCUT2D eigenvalue weighted by molar-refractivity contribution is -0.217. The van der Waals surface area contributed by atoms with E-state index in [0.29, 0.717) is 0 Å². The highest BCUT2D eigenvalue weighted by molar-refractivity contribution is 5.90. The lowest BCUT2D eigenvalue weighted by atomic mass is 9.94. The number of allylic oxidation sites excluding steroid dienone is 2. The summed E-state index contributed by atoms with van der Waals surface area (Å²) >= 11 is 0. The minimum atomic E-state index is -1.73. The predicted octanol–water partition coefficient (Wildman–Crippen LogP) is 2.02. The fourth-order valence-electron chi connectivity index (χ4n) is 2.01. The van der Waals surface area contributed by atoms with E-state index in [1.807, 2.05) is 0 Å². The first-order valence-corrected chi connectivity index (χ1v) is 7.17. The molecule has 2 atom stereocenters. The van der Waals surface area contributed by atoms with Crippen LogP contribution >= 0.6 is 0 Å². The Morgan fingerprint density at radius 2 is 1.79 bits per heavy atom. The first kappa shape index (κ1) is 19.4. The van der Waals surface area contributed by atoms with Crippen LogP contribution in [0.2, 0.25) is 0 Å². The molecule has 1 aromatic carbocycles. The van der Waals surface area contributed by atoms with Crippen molar-refractivity contribution in [3.05, 3.63) is 54.1 Å². The Hall–Kier alpha value is -2.64. The van der Waals surface area contributed by atoms with Crippen LogP contribution in [-0.4, -0.2) is 44.3 Å². The minimum absolute atomic E-state index is 0.0671. The van der Waals surface area contributed by atoms with Crippen molar-refractivity contribution in [2.45, 2.75) is 25.7 Å². The van der Waals surface area contributed by atoms with Gasteiger partial charge in [0.15, 0.2) is 0 Å². The summed E-state index contributed by atoms with van der Waals surface area (Å²) < 4.78 is 5.19. The molecular weight excluding hydrogens is 316 g/mol. The van der Waals surface area contributed by atoms with Crippen molar-refractivity contribution in [2.24, 2.45) is 5.92 Å².